The van der Waals surface area contributed by atoms with Gasteiger partial charge >= 0.3 is 0 Å². The Labute approximate surface area is 167 Å². The molecule has 0 spiro atoms. The number of ether oxygens (including phenoxy) is 1. The van der Waals surface area contributed by atoms with E-state index in [1.54, 1.807) is 19.1 Å². The fourth-order valence-electron chi connectivity index (χ4n) is 3.09. The maximum Gasteiger partial charge on any atom is 0.243 e. The lowest BCUT2D eigenvalue weighted by molar-refractivity contribution is -0.122. The fourth-order valence-corrected chi connectivity index (χ4v) is 4.25. The minimum absolute atomic E-state index is 0.306. The second kappa shape index (κ2) is 9.10. The van der Waals surface area contributed by atoms with Gasteiger partial charge in [0.2, 0.25) is 15.9 Å². The van der Waals surface area contributed by atoms with Crippen molar-refractivity contribution in [1.82, 2.24) is 5.32 Å². The van der Waals surface area contributed by atoms with Gasteiger partial charge in [0.15, 0.2) is 0 Å². The number of carbonyl (C=O) groups excluding carboxylic acids is 1. The average molecular weight is 405 g/mol. The number of nitrogens with zero attached hydrogens (tertiary/aromatic N) is 1. The first-order valence-corrected chi connectivity index (χ1v) is 11.0. The van der Waals surface area contributed by atoms with E-state index in [1.165, 1.54) is 4.31 Å². The molecule has 0 fully saturated rings. The van der Waals surface area contributed by atoms with Gasteiger partial charge in [0.05, 0.1) is 18.6 Å². The quantitative estimate of drug-likeness (QED) is 0.733. The Morgan fingerprint density at radius 3 is 2.18 bits per heavy atom. The monoisotopic (exact) mass is 404 g/mol. The molecule has 0 aliphatic carbocycles. The third-order valence-electron chi connectivity index (χ3n) is 4.25. The zero-order chi connectivity index (χ0) is 20.9. The molecule has 0 unspecified atom stereocenters. The number of rotatable bonds is 8. The van der Waals surface area contributed by atoms with Crippen LogP contribution in [0.1, 0.15) is 30.5 Å². The zero-order valence-corrected chi connectivity index (χ0v) is 17.8. The van der Waals surface area contributed by atoms with E-state index in [4.69, 9.17) is 4.74 Å². The molecular formula is C21H28N2O4S. The number of nitrogens with one attached hydrogen (secondary N) is 1. The van der Waals surface area contributed by atoms with Gasteiger partial charge in [0.1, 0.15) is 11.8 Å². The van der Waals surface area contributed by atoms with E-state index in [2.05, 4.69) is 5.32 Å². The first kappa shape index (κ1) is 21.8. The molecule has 0 saturated carbocycles. The van der Waals surface area contributed by atoms with Crippen LogP contribution in [0.15, 0.2) is 42.5 Å². The van der Waals surface area contributed by atoms with Crippen LogP contribution in [0.2, 0.25) is 0 Å². The molecule has 2 aromatic carbocycles. The van der Waals surface area contributed by atoms with Crippen LogP contribution in [-0.4, -0.2) is 33.2 Å². The van der Waals surface area contributed by atoms with Gasteiger partial charge in [-0.25, -0.2) is 8.42 Å². The molecule has 1 N–H and O–H groups in total. The van der Waals surface area contributed by atoms with Crippen molar-refractivity contribution >= 4 is 21.6 Å². The van der Waals surface area contributed by atoms with Crippen molar-refractivity contribution in [3.8, 4) is 5.75 Å². The summed E-state index contributed by atoms with van der Waals surface area (Å²) in [5.41, 5.74) is 3.27. The predicted molar refractivity (Wildman–Crippen MR) is 112 cm³/mol. The van der Waals surface area contributed by atoms with Gasteiger partial charge in [0.25, 0.3) is 0 Å². The van der Waals surface area contributed by atoms with Gasteiger partial charge in [-0.15, -0.1) is 0 Å². The highest BCUT2D eigenvalue weighted by Crippen LogP contribution is 2.24. The number of hydrogen-bond donors (Lipinski definition) is 1. The molecule has 7 heteroatoms. The Kier molecular flexibility index (Phi) is 7.07. The molecule has 152 valence electrons. The van der Waals surface area contributed by atoms with Crippen molar-refractivity contribution in [1.29, 1.82) is 0 Å². The maximum absolute atomic E-state index is 12.7. The molecule has 1 amide bonds. The second-order valence-corrected chi connectivity index (χ2v) is 8.73. The van der Waals surface area contributed by atoms with Gasteiger partial charge in [-0.1, -0.05) is 18.2 Å². The smallest absolute Gasteiger partial charge is 0.243 e. The molecule has 0 saturated heterocycles. The van der Waals surface area contributed by atoms with Crippen LogP contribution in [0.3, 0.4) is 0 Å². The lowest BCUT2D eigenvalue weighted by atomic mass is 10.1. The van der Waals surface area contributed by atoms with Crippen molar-refractivity contribution in [2.45, 2.75) is 40.3 Å². The molecule has 0 heterocycles. The molecule has 0 aromatic heterocycles. The van der Waals surface area contributed by atoms with E-state index in [-0.39, 0.29) is 5.91 Å². The Bertz CT molecular complexity index is 904. The Morgan fingerprint density at radius 2 is 1.68 bits per heavy atom. The maximum atomic E-state index is 12.7. The predicted octanol–water partition coefficient (Wildman–Crippen LogP) is 3.17. The summed E-state index contributed by atoms with van der Waals surface area (Å²) in [4.78, 5) is 12.7. The lowest BCUT2D eigenvalue weighted by Crippen LogP contribution is -2.47. The van der Waals surface area contributed by atoms with Crippen molar-refractivity contribution in [2.24, 2.45) is 0 Å². The first-order chi connectivity index (χ1) is 13.1. The minimum atomic E-state index is -3.63. The van der Waals surface area contributed by atoms with Crippen LogP contribution in [0.25, 0.3) is 0 Å². The van der Waals surface area contributed by atoms with E-state index in [0.717, 1.165) is 28.7 Å². The van der Waals surface area contributed by atoms with Crippen LogP contribution in [0.5, 0.6) is 5.75 Å². The highest BCUT2D eigenvalue weighted by Gasteiger charge is 2.29. The normalized spacial score (nSPS) is 12.3. The number of amides is 1. The van der Waals surface area contributed by atoms with E-state index in [9.17, 15) is 13.2 Å². The van der Waals surface area contributed by atoms with Gasteiger partial charge in [-0.05, 0) is 68.7 Å². The van der Waals surface area contributed by atoms with Crippen molar-refractivity contribution < 1.29 is 17.9 Å². The summed E-state index contributed by atoms with van der Waals surface area (Å²) in [5, 5.41) is 2.82. The molecular weight excluding hydrogens is 376 g/mol. The number of aryl methyl sites for hydroxylation is 2. The van der Waals surface area contributed by atoms with Crippen molar-refractivity contribution in [2.75, 3.05) is 17.2 Å². The van der Waals surface area contributed by atoms with E-state index >= 15 is 0 Å². The summed E-state index contributed by atoms with van der Waals surface area (Å²) < 4.78 is 31.4. The fraction of sp³-hybridized carbons (Fsp3) is 0.381. The molecule has 0 aliphatic heterocycles. The average Bonchev–Trinajstić information content (AvgIpc) is 2.59. The third kappa shape index (κ3) is 5.73. The molecule has 28 heavy (non-hydrogen) atoms. The van der Waals surface area contributed by atoms with Crippen molar-refractivity contribution in [3.05, 3.63) is 59.2 Å². The van der Waals surface area contributed by atoms with E-state index in [1.807, 2.05) is 51.1 Å². The third-order valence-corrected chi connectivity index (χ3v) is 5.49. The summed E-state index contributed by atoms with van der Waals surface area (Å²) in [5.74, 6) is 0.405. The number of hydrogen-bond acceptors (Lipinski definition) is 4. The van der Waals surface area contributed by atoms with Gasteiger partial charge in [0, 0.05) is 6.54 Å². The molecule has 0 radical (unpaired) electrons. The Hall–Kier alpha value is -2.54. The van der Waals surface area contributed by atoms with Crippen LogP contribution >= 0.6 is 0 Å². The summed E-state index contributed by atoms with van der Waals surface area (Å²) in [6.45, 7) is 8.19. The molecule has 0 bridgehead atoms. The molecule has 2 aromatic rings. The molecule has 0 aliphatic rings. The Morgan fingerprint density at radius 1 is 1.11 bits per heavy atom. The molecule has 2 rings (SSSR count). The lowest BCUT2D eigenvalue weighted by Gasteiger charge is -2.28. The summed E-state index contributed by atoms with van der Waals surface area (Å²) >= 11 is 0. The van der Waals surface area contributed by atoms with Gasteiger partial charge < -0.3 is 10.1 Å². The number of carbonyl (C=O) groups is 1. The van der Waals surface area contributed by atoms with Crippen LogP contribution in [0.4, 0.5) is 5.69 Å². The first-order valence-electron chi connectivity index (χ1n) is 9.19. The number of sulfonamides is 1. The number of anilines is 1. The second-order valence-electron chi connectivity index (χ2n) is 6.88. The topological polar surface area (TPSA) is 75.7 Å². The van der Waals surface area contributed by atoms with Crippen LogP contribution < -0.4 is 14.4 Å². The summed E-state index contributed by atoms with van der Waals surface area (Å²) in [6, 6.07) is 12.0. The Balaban J connectivity index is 2.15. The van der Waals surface area contributed by atoms with Crippen LogP contribution in [-0.2, 0) is 21.4 Å². The SMILES string of the molecule is CCOc1ccc(CNC(=O)[C@@H](C)N(c2cc(C)cc(C)c2)S(C)(=O)=O)cc1. The standard InChI is InChI=1S/C21H28N2O4S/c1-6-27-20-9-7-18(8-10-20)14-22-21(24)17(4)23(28(5,25)26)19-12-15(2)11-16(3)13-19/h7-13,17H,6,14H2,1-5H3,(H,22,24)/t17-/m1/s1. The molecule has 6 nitrogen and oxygen atoms in total. The summed E-state index contributed by atoms with van der Waals surface area (Å²) in [6.07, 6.45) is 1.11. The summed E-state index contributed by atoms with van der Waals surface area (Å²) in [7, 11) is -3.63. The van der Waals surface area contributed by atoms with Crippen LogP contribution in [0, 0.1) is 13.8 Å². The van der Waals surface area contributed by atoms with Gasteiger partial charge in [-0.2, -0.15) is 0 Å². The van der Waals surface area contributed by atoms with Crippen molar-refractivity contribution in [3.63, 3.8) is 0 Å². The minimum Gasteiger partial charge on any atom is -0.494 e. The number of benzene rings is 2. The largest absolute Gasteiger partial charge is 0.494 e. The zero-order valence-electron chi connectivity index (χ0n) is 17.0. The van der Waals surface area contributed by atoms with E-state index < -0.39 is 16.1 Å². The van der Waals surface area contributed by atoms with Gasteiger partial charge in [-0.3, -0.25) is 9.10 Å². The highest BCUT2D eigenvalue weighted by molar-refractivity contribution is 7.92. The molecule has 1 atom stereocenters. The van der Waals surface area contributed by atoms with E-state index in [0.29, 0.717) is 18.8 Å². The highest BCUT2D eigenvalue weighted by atomic mass is 32.2.